The number of halogens is 1. The quantitative estimate of drug-likeness (QED) is 0.479. The largest absolute Gasteiger partial charge is 0.508 e. The van der Waals surface area contributed by atoms with Crippen LogP contribution in [-0.4, -0.2) is 28.1 Å². The number of phenols is 1. The first-order valence-corrected chi connectivity index (χ1v) is 10.3. The number of carbonyl (C=O) groups excluding carboxylic acids is 2. The van der Waals surface area contributed by atoms with Crippen LogP contribution in [-0.2, 0) is 16.1 Å². The summed E-state index contributed by atoms with van der Waals surface area (Å²) in [6.07, 6.45) is -0.157. The van der Waals surface area contributed by atoms with Crippen LogP contribution in [0.1, 0.15) is 33.3 Å². The van der Waals surface area contributed by atoms with Gasteiger partial charge in [-0.05, 0) is 41.4 Å². The molecule has 162 valence electrons. The molecular weight excluding hydrogens is 430 g/mol. The van der Waals surface area contributed by atoms with Gasteiger partial charge in [-0.2, -0.15) is 0 Å². The molecule has 32 heavy (non-hydrogen) atoms. The first-order valence-electron chi connectivity index (χ1n) is 9.93. The Kier molecular flexibility index (Phi) is 6.37. The molecule has 0 saturated carbocycles. The maximum Gasteiger partial charge on any atom is 0.251 e. The molecule has 3 N–H and O–H groups in total. The number of nitrogens with one attached hydrogen (secondary N) is 2. The highest BCUT2D eigenvalue weighted by Gasteiger charge is 2.23. The lowest BCUT2D eigenvalue weighted by Gasteiger charge is -2.15. The molecular formula is C24H20ClN3O4. The SMILES string of the molecule is O=C(NC(Cc1ccc(O)cc1)C(=O)Cl)c1ccc(C2=NOC(c3ccccc3)N2)cc1. The van der Waals surface area contributed by atoms with Gasteiger partial charge in [0.25, 0.3) is 5.91 Å². The average molecular weight is 450 g/mol. The van der Waals surface area contributed by atoms with Crippen LogP contribution in [0.4, 0.5) is 0 Å². The smallest absolute Gasteiger partial charge is 0.251 e. The fourth-order valence-corrected chi connectivity index (χ4v) is 3.40. The number of hydrogen-bond acceptors (Lipinski definition) is 6. The summed E-state index contributed by atoms with van der Waals surface area (Å²) in [5.74, 6) is 0.259. The summed E-state index contributed by atoms with van der Waals surface area (Å²) in [5, 5.41) is 18.7. The topological polar surface area (TPSA) is 100 Å². The van der Waals surface area contributed by atoms with Gasteiger partial charge in [-0.15, -0.1) is 0 Å². The zero-order valence-electron chi connectivity index (χ0n) is 16.9. The van der Waals surface area contributed by atoms with E-state index >= 15 is 0 Å². The molecule has 0 bridgehead atoms. The maximum atomic E-state index is 12.6. The van der Waals surface area contributed by atoms with Crippen molar-refractivity contribution in [2.45, 2.75) is 18.7 Å². The van der Waals surface area contributed by atoms with Gasteiger partial charge in [-0.3, -0.25) is 9.59 Å². The van der Waals surface area contributed by atoms with Gasteiger partial charge in [0.05, 0.1) is 0 Å². The molecule has 0 aromatic heterocycles. The van der Waals surface area contributed by atoms with E-state index in [0.29, 0.717) is 11.4 Å². The molecule has 7 nitrogen and oxygen atoms in total. The molecule has 2 unspecified atom stereocenters. The van der Waals surface area contributed by atoms with Crippen LogP contribution in [0.25, 0.3) is 0 Å². The molecule has 0 saturated heterocycles. The van der Waals surface area contributed by atoms with E-state index in [1.165, 1.54) is 12.1 Å². The summed E-state index contributed by atoms with van der Waals surface area (Å²) >= 11 is 5.69. The highest BCUT2D eigenvalue weighted by molar-refractivity contribution is 6.64. The Morgan fingerprint density at radius 2 is 1.72 bits per heavy atom. The number of oxime groups is 1. The number of nitrogens with zero attached hydrogens (tertiary/aromatic N) is 1. The van der Waals surface area contributed by atoms with E-state index in [-0.39, 0.29) is 18.4 Å². The van der Waals surface area contributed by atoms with E-state index in [4.69, 9.17) is 16.4 Å². The molecule has 2 atom stereocenters. The summed E-state index contributed by atoms with van der Waals surface area (Å²) in [5.41, 5.74) is 2.85. The standard InChI is InChI=1S/C24H20ClN3O4/c25-21(30)20(14-15-6-12-19(29)13-7-15)26-23(31)17-10-8-16(9-11-17)22-27-24(32-28-22)18-4-2-1-3-5-18/h1-13,20,24,29H,14H2,(H,26,31)(H,27,28). The van der Waals surface area contributed by atoms with Gasteiger partial charge in [0, 0.05) is 23.1 Å². The summed E-state index contributed by atoms with van der Waals surface area (Å²) < 4.78 is 0. The van der Waals surface area contributed by atoms with Gasteiger partial charge in [-0.1, -0.05) is 59.8 Å². The van der Waals surface area contributed by atoms with Crippen LogP contribution in [0.5, 0.6) is 5.75 Å². The third-order valence-electron chi connectivity index (χ3n) is 5.00. The first-order chi connectivity index (χ1) is 15.5. The van der Waals surface area contributed by atoms with Crippen LogP contribution >= 0.6 is 11.6 Å². The van der Waals surface area contributed by atoms with Crippen LogP contribution in [0.3, 0.4) is 0 Å². The molecule has 0 spiro atoms. The Morgan fingerprint density at radius 1 is 1.03 bits per heavy atom. The fourth-order valence-electron chi connectivity index (χ4n) is 3.27. The average Bonchev–Trinajstić information content (AvgIpc) is 3.31. The molecule has 1 aliphatic rings. The molecule has 0 radical (unpaired) electrons. The number of phenolic OH excluding ortho intramolecular Hbond substituents is 1. The van der Waals surface area contributed by atoms with E-state index in [1.807, 2.05) is 30.3 Å². The predicted molar refractivity (Wildman–Crippen MR) is 120 cm³/mol. The zero-order valence-corrected chi connectivity index (χ0v) is 17.6. The van der Waals surface area contributed by atoms with E-state index in [1.54, 1.807) is 36.4 Å². The number of amides is 1. The minimum absolute atomic E-state index is 0.119. The Morgan fingerprint density at radius 3 is 2.38 bits per heavy atom. The van der Waals surface area contributed by atoms with Crippen LogP contribution in [0.15, 0.2) is 84.0 Å². The zero-order chi connectivity index (χ0) is 22.5. The Balaban J connectivity index is 1.39. The molecule has 0 fully saturated rings. The third kappa shape index (κ3) is 5.07. The van der Waals surface area contributed by atoms with Crippen molar-refractivity contribution in [3.63, 3.8) is 0 Å². The van der Waals surface area contributed by atoms with Crippen molar-refractivity contribution in [2.75, 3.05) is 0 Å². The van der Waals surface area contributed by atoms with E-state index in [9.17, 15) is 14.7 Å². The van der Waals surface area contributed by atoms with Gasteiger partial charge in [0.15, 0.2) is 5.84 Å². The van der Waals surface area contributed by atoms with Gasteiger partial charge in [-0.25, -0.2) is 0 Å². The highest BCUT2D eigenvalue weighted by Crippen LogP contribution is 2.21. The number of benzene rings is 3. The van der Waals surface area contributed by atoms with E-state index in [0.717, 1.165) is 16.7 Å². The highest BCUT2D eigenvalue weighted by atomic mass is 35.5. The number of rotatable bonds is 7. The third-order valence-corrected chi connectivity index (χ3v) is 5.26. The first kappa shape index (κ1) is 21.4. The van der Waals surface area contributed by atoms with Gasteiger partial charge < -0.3 is 20.6 Å². The molecule has 3 aromatic carbocycles. The second-order valence-corrected chi connectivity index (χ2v) is 7.63. The Bertz CT molecular complexity index is 1130. The molecule has 1 aliphatic heterocycles. The second kappa shape index (κ2) is 9.53. The lowest BCUT2D eigenvalue weighted by Crippen LogP contribution is -2.40. The number of carbonyl (C=O) groups is 2. The minimum Gasteiger partial charge on any atom is -0.508 e. The van der Waals surface area contributed by atoms with Crippen molar-refractivity contribution >= 4 is 28.6 Å². The van der Waals surface area contributed by atoms with Crippen LogP contribution < -0.4 is 10.6 Å². The summed E-state index contributed by atoms with van der Waals surface area (Å²) in [7, 11) is 0. The van der Waals surface area contributed by atoms with Crippen molar-refractivity contribution in [1.82, 2.24) is 10.6 Å². The van der Waals surface area contributed by atoms with Gasteiger partial charge in [0.2, 0.25) is 11.5 Å². The maximum absolute atomic E-state index is 12.6. The predicted octanol–water partition coefficient (Wildman–Crippen LogP) is 3.48. The monoisotopic (exact) mass is 449 g/mol. The van der Waals surface area contributed by atoms with E-state index < -0.39 is 17.2 Å². The lowest BCUT2D eigenvalue weighted by molar-refractivity contribution is -0.113. The summed E-state index contributed by atoms with van der Waals surface area (Å²) in [6, 6.07) is 21.9. The molecule has 4 rings (SSSR count). The summed E-state index contributed by atoms with van der Waals surface area (Å²) in [4.78, 5) is 29.9. The van der Waals surface area contributed by atoms with Crippen molar-refractivity contribution < 1.29 is 19.5 Å². The Hall–Kier alpha value is -3.84. The number of aromatic hydroxyl groups is 1. The lowest BCUT2D eigenvalue weighted by atomic mass is 10.1. The van der Waals surface area contributed by atoms with Gasteiger partial charge in [0.1, 0.15) is 11.8 Å². The molecule has 8 heteroatoms. The van der Waals surface area contributed by atoms with E-state index in [2.05, 4.69) is 15.8 Å². The minimum atomic E-state index is -0.894. The molecule has 3 aromatic rings. The molecule has 1 heterocycles. The normalized spacial score (nSPS) is 15.8. The number of hydrogen-bond donors (Lipinski definition) is 3. The van der Waals surface area contributed by atoms with Crippen molar-refractivity contribution in [3.8, 4) is 5.75 Å². The Labute approximate surface area is 189 Å². The number of amidine groups is 1. The molecule has 1 amide bonds. The van der Waals surface area contributed by atoms with Crippen LogP contribution in [0.2, 0.25) is 0 Å². The second-order valence-electron chi connectivity index (χ2n) is 7.26. The van der Waals surface area contributed by atoms with Crippen LogP contribution in [0, 0.1) is 0 Å². The summed E-state index contributed by atoms with van der Waals surface area (Å²) in [6.45, 7) is 0. The van der Waals surface area contributed by atoms with Crippen molar-refractivity contribution in [3.05, 3.63) is 101 Å². The fraction of sp³-hybridized carbons (Fsp3) is 0.125. The van der Waals surface area contributed by atoms with Gasteiger partial charge >= 0.3 is 0 Å². The van der Waals surface area contributed by atoms with Crippen molar-refractivity contribution in [1.29, 1.82) is 0 Å². The van der Waals surface area contributed by atoms with Crippen molar-refractivity contribution in [2.24, 2.45) is 5.16 Å². The molecule has 0 aliphatic carbocycles.